The predicted octanol–water partition coefficient (Wildman–Crippen LogP) is 2.88. The summed E-state index contributed by atoms with van der Waals surface area (Å²) >= 11 is 0. The third kappa shape index (κ3) is 3.46. The highest BCUT2D eigenvalue weighted by Crippen LogP contribution is 2.19. The zero-order valence-electron chi connectivity index (χ0n) is 11.8. The molecule has 1 rings (SSSR count). The second kappa shape index (κ2) is 6.61. The van der Waals surface area contributed by atoms with Crippen molar-refractivity contribution >= 4 is 0 Å². The van der Waals surface area contributed by atoms with Gasteiger partial charge in [-0.1, -0.05) is 34.1 Å². The molecule has 1 aliphatic rings. The second-order valence-corrected chi connectivity index (χ2v) is 5.66. The van der Waals surface area contributed by atoms with Crippen LogP contribution in [-0.4, -0.2) is 36.1 Å². The van der Waals surface area contributed by atoms with Crippen LogP contribution in [0.5, 0.6) is 0 Å². The van der Waals surface area contributed by atoms with Crippen LogP contribution >= 0.6 is 0 Å². The van der Waals surface area contributed by atoms with Crippen LogP contribution < -0.4 is 5.32 Å². The van der Waals surface area contributed by atoms with E-state index in [0.29, 0.717) is 6.04 Å². The van der Waals surface area contributed by atoms with E-state index in [2.05, 4.69) is 44.8 Å². The summed E-state index contributed by atoms with van der Waals surface area (Å²) in [7, 11) is 0. The Kier molecular flexibility index (Phi) is 5.77. The van der Waals surface area contributed by atoms with E-state index < -0.39 is 0 Å². The minimum atomic E-state index is 0.683. The molecule has 1 saturated heterocycles. The van der Waals surface area contributed by atoms with Crippen LogP contribution in [0.25, 0.3) is 0 Å². The van der Waals surface area contributed by atoms with Crippen molar-refractivity contribution in [2.45, 2.75) is 72.0 Å². The third-order valence-electron chi connectivity index (χ3n) is 4.04. The van der Waals surface area contributed by atoms with Gasteiger partial charge in [0, 0.05) is 31.2 Å². The van der Waals surface area contributed by atoms with Crippen molar-refractivity contribution in [3.05, 3.63) is 0 Å². The summed E-state index contributed by atoms with van der Waals surface area (Å²) in [5.41, 5.74) is 0. The highest BCUT2D eigenvalue weighted by atomic mass is 15.3. The lowest BCUT2D eigenvalue weighted by Crippen LogP contribution is -2.60. The van der Waals surface area contributed by atoms with Crippen molar-refractivity contribution < 1.29 is 0 Å². The van der Waals surface area contributed by atoms with Gasteiger partial charge in [-0.05, 0) is 25.7 Å². The van der Waals surface area contributed by atoms with Crippen LogP contribution in [0.4, 0.5) is 0 Å². The smallest absolute Gasteiger partial charge is 0.0221 e. The standard InChI is InChI=1S/C14H30N2/c1-6-8-12(5)16-10-14(11(3)4)15-9-13(16)7-2/h11-15H,6-10H2,1-5H3. The maximum atomic E-state index is 3.70. The molecule has 0 radical (unpaired) electrons. The van der Waals surface area contributed by atoms with Crippen LogP contribution in [0, 0.1) is 5.92 Å². The van der Waals surface area contributed by atoms with Gasteiger partial charge >= 0.3 is 0 Å². The van der Waals surface area contributed by atoms with E-state index in [1.807, 2.05) is 0 Å². The number of piperazine rings is 1. The summed E-state index contributed by atoms with van der Waals surface area (Å²) in [6.45, 7) is 14.1. The van der Waals surface area contributed by atoms with E-state index in [4.69, 9.17) is 0 Å². The third-order valence-corrected chi connectivity index (χ3v) is 4.04. The average molecular weight is 226 g/mol. The summed E-state index contributed by atoms with van der Waals surface area (Å²) in [4.78, 5) is 2.74. The second-order valence-electron chi connectivity index (χ2n) is 5.66. The predicted molar refractivity (Wildman–Crippen MR) is 71.8 cm³/mol. The summed E-state index contributed by atoms with van der Waals surface area (Å²) in [6, 6.07) is 2.18. The minimum Gasteiger partial charge on any atom is -0.311 e. The maximum Gasteiger partial charge on any atom is 0.0221 e. The molecule has 1 fully saturated rings. The van der Waals surface area contributed by atoms with Crippen LogP contribution in [0.3, 0.4) is 0 Å². The number of nitrogens with one attached hydrogen (secondary N) is 1. The van der Waals surface area contributed by atoms with Gasteiger partial charge in [-0.3, -0.25) is 4.90 Å². The van der Waals surface area contributed by atoms with Crippen molar-refractivity contribution in [2.75, 3.05) is 13.1 Å². The van der Waals surface area contributed by atoms with Crippen molar-refractivity contribution in [1.82, 2.24) is 10.2 Å². The fourth-order valence-electron chi connectivity index (χ4n) is 2.79. The van der Waals surface area contributed by atoms with Gasteiger partial charge < -0.3 is 5.32 Å². The molecule has 0 spiro atoms. The molecule has 0 amide bonds. The highest BCUT2D eigenvalue weighted by molar-refractivity contribution is 4.89. The molecule has 0 saturated carbocycles. The van der Waals surface area contributed by atoms with Gasteiger partial charge in [0.1, 0.15) is 0 Å². The molecule has 3 atom stereocenters. The molecule has 0 aromatic rings. The van der Waals surface area contributed by atoms with E-state index in [-0.39, 0.29) is 0 Å². The summed E-state index contributed by atoms with van der Waals surface area (Å²) in [6.07, 6.45) is 3.90. The average Bonchev–Trinajstić information content (AvgIpc) is 2.28. The molecule has 1 aliphatic heterocycles. The molecular weight excluding hydrogens is 196 g/mol. The monoisotopic (exact) mass is 226 g/mol. The largest absolute Gasteiger partial charge is 0.311 e. The fourth-order valence-corrected chi connectivity index (χ4v) is 2.79. The Balaban J connectivity index is 2.59. The Hall–Kier alpha value is -0.0800. The normalized spacial score (nSPS) is 29.6. The topological polar surface area (TPSA) is 15.3 Å². The number of hydrogen-bond donors (Lipinski definition) is 1. The van der Waals surface area contributed by atoms with Gasteiger partial charge in [0.2, 0.25) is 0 Å². The van der Waals surface area contributed by atoms with Gasteiger partial charge in [0.25, 0.3) is 0 Å². The van der Waals surface area contributed by atoms with Crippen LogP contribution in [-0.2, 0) is 0 Å². The van der Waals surface area contributed by atoms with Gasteiger partial charge in [0.05, 0.1) is 0 Å². The lowest BCUT2D eigenvalue weighted by atomic mass is 9.96. The van der Waals surface area contributed by atoms with Gasteiger partial charge in [0.15, 0.2) is 0 Å². The summed E-state index contributed by atoms with van der Waals surface area (Å²) < 4.78 is 0. The van der Waals surface area contributed by atoms with E-state index >= 15 is 0 Å². The molecule has 0 aromatic carbocycles. The Morgan fingerprint density at radius 1 is 1.25 bits per heavy atom. The van der Waals surface area contributed by atoms with Crippen LogP contribution in [0.2, 0.25) is 0 Å². The molecule has 0 bridgehead atoms. The Bertz CT molecular complexity index is 191. The first kappa shape index (κ1) is 14.0. The molecular formula is C14H30N2. The van der Waals surface area contributed by atoms with E-state index in [1.54, 1.807) is 0 Å². The van der Waals surface area contributed by atoms with Crippen molar-refractivity contribution in [3.63, 3.8) is 0 Å². The first-order valence-electron chi connectivity index (χ1n) is 7.09. The maximum absolute atomic E-state index is 3.70. The Morgan fingerprint density at radius 2 is 1.94 bits per heavy atom. The van der Waals surface area contributed by atoms with Crippen LogP contribution in [0.15, 0.2) is 0 Å². The van der Waals surface area contributed by atoms with E-state index in [1.165, 1.54) is 32.4 Å². The lowest BCUT2D eigenvalue weighted by Gasteiger charge is -2.44. The van der Waals surface area contributed by atoms with E-state index in [0.717, 1.165) is 18.0 Å². The molecule has 3 unspecified atom stereocenters. The molecule has 16 heavy (non-hydrogen) atoms. The SMILES string of the molecule is CCCC(C)N1CC(C(C)C)NCC1CC. The zero-order valence-corrected chi connectivity index (χ0v) is 11.8. The highest BCUT2D eigenvalue weighted by Gasteiger charge is 2.30. The molecule has 2 heteroatoms. The van der Waals surface area contributed by atoms with Gasteiger partial charge in [-0.25, -0.2) is 0 Å². The van der Waals surface area contributed by atoms with Crippen molar-refractivity contribution in [2.24, 2.45) is 5.92 Å². The molecule has 0 aromatic heterocycles. The lowest BCUT2D eigenvalue weighted by molar-refractivity contribution is 0.0699. The first-order valence-corrected chi connectivity index (χ1v) is 7.09. The van der Waals surface area contributed by atoms with E-state index in [9.17, 15) is 0 Å². The van der Waals surface area contributed by atoms with Crippen molar-refractivity contribution in [1.29, 1.82) is 0 Å². The number of hydrogen-bond acceptors (Lipinski definition) is 2. The molecule has 2 nitrogen and oxygen atoms in total. The number of nitrogens with zero attached hydrogens (tertiary/aromatic N) is 1. The zero-order chi connectivity index (χ0) is 12.1. The summed E-state index contributed by atoms with van der Waals surface area (Å²) in [5.74, 6) is 0.745. The summed E-state index contributed by atoms with van der Waals surface area (Å²) in [5, 5.41) is 3.70. The quantitative estimate of drug-likeness (QED) is 0.775. The van der Waals surface area contributed by atoms with Gasteiger partial charge in [-0.2, -0.15) is 0 Å². The Morgan fingerprint density at radius 3 is 2.44 bits per heavy atom. The fraction of sp³-hybridized carbons (Fsp3) is 1.00. The van der Waals surface area contributed by atoms with Crippen LogP contribution in [0.1, 0.15) is 53.9 Å². The minimum absolute atomic E-state index is 0.683. The molecule has 1 heterocycles. The molecule has 1 N–H and O–H groups in total. The molecule has 0 aliphatic carbocycles. The molecule has 96 valence electrons. The first-order chi connectivity index (χ1) is 7.60. The van der Waals surface area contributed by atoms with Crippen molar-refractivity contribution in [3.8, 4) is 0 Å². The number of rotatable bonds is 5. The van der Waals surface area contributed by atoms with Gasteiger partial charge in [-0.15, -0.1) is 0 Å². The Labute approximate surface area is 102 Å².